The zero-order valence-electron chi connectivity index (χ0n) is 14.3. The van der Waals surface area contributed by atoms with Gasteiger partial charge in [0.2, 0.25) is 0 Å². The molecule has 138 valence electrons. The van der Waals surface area contributed by atoms with E-state index < -0.39 is 12.1 Å². The van der Waals surface area contributed by atoms with Crippen LogP contribution in [0.5, 0.6) is 0 Å². The van der Waals surface area contributed by atoms with Crippen molar-refractivity contribution in [1.29, 1.82) is 5.41 Å². The topological polar surface area (TPSA) is 81.5 Å². The van der Waals surface area contributed by atoms with Gasteiger partial charge in [-0.2, -0.15) is 11.8 Å². The molecule has 1 fully saturated rings. The fraction of sp³-hybridized carbons (Fsp3) is 0.412. The van der Waals surface area contributed by atoms with Gasteiger partial charge in [0, 0.05) is 24.4 Å². The summed E-state index contributed by atoms with van der Waals surface area (Å²) in [5.74, 6) is 1.27. The molecule has 1 aliphatic rings. The number of rotatable bonds is 6. The minimum atomic E-state index is -2.79. The van der Waals surface area contributed by atoms with Crippen LogP contribution in [0.1, 0.15) is 18.7 Å². The van der Waals surface area contributed by atoms with E-state index in [0.717, 1.165) is 31.4 Å². The van der Waals surface area contributed by atoms with Crippen LogP contribution < -0.4 is 4.90 Å². The number of nitrogens with one attached hydrogen (secondary N) is 2. The van der Waals surface area contributed by atoms with Gasteiger partial charge < -0.3 is 9.88 Å². The van der Waals surface area contributed by atoms with Crippen LogP contribution in [0, 0.1) is 5.41 Å². The molecule has 0 spiro atoms. The minimum absolute atomic E-state index is 0.394. The summed E-state index contributed by atoms with van der Waals surface area (Å²) >= 11 is 1.88. The van der Waals surface area contributed by atoms with Crippen LogP contribution in [0.2, 0.25) is 0 Å². The van der Waals surface area contributed by atoms with Gasteiger partial charge in [0.25, 0.3) is 6.43 Å². The fourth-order valence-corrected chi connectivity index (χ4v) is 3.53. The smallest absolute Gasteiger partial charge is 0.279 e. The lowest BCUT2D eigenvalue weighted by atomic mass is 10.1. The summed E-state index contributed by atoms with van der Waals surface area (Å²) in [6.45, 7) is 1.94. The molecule has 0 bridgehead atoms. The Morgan fingerprint density at radius 1 is 1.42 bits per heavy atom. The van der Waals surface area contributed by atoms with E-state index in [2.05, 4.69) is 31.1 Å². The molecule has 0 aromatic carbocycles. The SMILES string of the molecule is CSC1CCCN(c2cc(-c3cnc(/C=C\C(=N)C(F)F)[nH]3)ncn2)C1. The predicted octanol–water partition coefficient (Wildman–Crippen LogP) is 3.50. The second kappa shape index (κ2) is 8.39. The molecule has 3 heterocycles. The summed E-state index contributed by atoms with van der Waals surface area (Å²) in [7, 11) is 0. The first-order chi connectivity index (χ1) is 12.6. The molecule has 1 atom stereocenters. The molecule has 26 heavy (non-hydrogen) atoms. The average Bonchev–Trinajstić information content (AvgIpc) is 3.15. The van der Waals surface area contributed by atoms with Gasteiger partial charge in [0.05, 0.1) is 23.3 Å². The highest BCUT2D eigenvalue weighted by atomic mass is 32.2. The van der Waals surface area contributed by atoms with Gasteiger partial charge in [-0.15, -0.1) is 0 Å². The van der Waals surface area contributed by atoms with Gasteiger partial charge in [-0.1, -0.05) is 0 Å². The highest BCUT2D eigenvalue weighted by molar-refractivity contribution is 7.99. The van der Waals surface area contributed by atoms with Gasteiger partial charge >= 0.3 is 0 Å². The maximum Gasteiger partial charge on any atom is 0.279 e. The van der Waals surface area contributed by atoms with Crippen LogP contribution in [0.25, 0.3) is 17.5 Å². The number of H-pyrrole nitrogens is 1. The molecule has 9 heteroatoms. The average molecular weight is 378 g/mol. The fourth-order valence-electron chi connectivity index (χ4n) is 2.80. The summed E-state index contributed by atoms with van der Waals surface area (Å²) in [4.78, 5) is 18.1. The number of anilines is 1. The van der Waals surface area contributed by atoms with E-state index in [0.29, 0.717) is 22.5 Å². The molecule has 6 nitrogen and oxygen atoms in total. The van der Waals surface area contributed by atoms with Crippen molar-refractivity contribution in [2.45, 2.75) is 24.5 Å². The van der Waals surface area contributed by atoms with Gasteiger partial charge in [-0.3, -0.25) is 5.41 Å². The van der Waals surface area contributed by atoms with Crippen molar-refractivity contribution in [1.82, 2.24) is 19.9 Å². The van der Waals surface area contributed by atoms with Gasteiger partial charge in [-0.25, -0.2) is 23.7 Å². The normalized spacial score (nSPS) is 18.0. The number of aromatic nitrogens is 4. The van der Waals surface area contributed by atoms with Gasteiger partial charge in [0.1, 0.15) is 18.0 Å². The molecule has 1 aliphatic heterocycles. The molecule has 1 unspecified atom stereocenters. The summed E-state index contributed by atoms with van der Waals surface area (Å²) in [5.41, 5.74) is 0.619. The molecule has 2 aromatic rings. The van der Waals surface area contributed by atoms with Gasteiger partial charge in [0.15, 0.2) is 0 Å². The molecule has 2 N–H and O–H groups in total. The molecule has 0 radical (unpaired) electrons. The maximum atomic E-state index is 12.3. The van der Waals surface area contributed by atoms with Crippen LogP contribution in [0.15, 0.2) is 24.7 Å². The highest BCUT2D eigenvalue weighted by Gasteiger charge is 2.20. The largest absolute Gasteiger partial charge is 0.355 e. The Balaban J connectivity index is 1.75. The zero-order valence-corrected chi connectivity index (χ0v) is 15.1. The zero-order chi connectivity index (χ0) is 18.5. The molecular formula is C17H20F2N6S. The van der Waals surface area contributed by atoms with E-state index in [4.69, 9.17) is 5.41 Å². The number of hydrogen-bond acceptors (Lipinski definition) is 6. The molecule has 0 aliphatic carbocycles. The number of thioether (sulfide) groups is 1. The second-order valence-electron chi connectivity index (χ2n) is 5.98. The number of aromatic amines is 1. The lowest BCUT2D eigenvalue weighted by molar-refractivity contribution is 0.226. The first-order valence-electron chi connectivity index (χ1n) is 8.26. The quantitative estimate of drug-likeness (QED) is 0.752. The number of halogens is 2. The van der Waals surface area contributed by atoms with Crippen LogP contribution in [0.4, 0.5) is 14.6 Å². The Hall–Kier alpha value is -2.29. The van der Waals surface area contributed by atoms with Crippen LogP contribution >= 0.6 is 11.8 Å². The molecule has 0 saturated carbocycles. The Kier molecular flexibility index (Phi) is 5.97. The summed E-state index contributed by atoms with van der Waals surface area (Å²) in [6.07, 6.45) is 7.21. The summed E-state index contributed by atoms with van der Waals surface area (Å²) in [6, 6.07) is 1.91. The number of nitrogens with zero attached hydrogens (tertiary/aromatic N) is 4. The first-order valence-corrected chi connectivity index (χ1v) is 9.55. The standard InChI is InChI=1S/C17H20F2N6S/c1-26-11-3-2-6-25(9-11)16-7-13(22-10-23-16)14-8-21-15(24-14)5-4-12(20)17(18)19/h4-5,7-8,10-11,17,20H,2-3,6,9H2,1H3,(H,21,24)/b5-4-,20-12?. The van der Waals surface area contributed by atoms with Crippen LogP contribution in [0.3, 0.4) is 0 Å². The van der Waals surface area contributed by atoms with Crippen molar-refractivity contribution in [3.63, 3.8) is 0 Å². The lowest BCUT2D eigenvalue weighted by Gasteiger charge is -2.32. The molecular weight excluding hydrogens is 358 g/mol. The minimum Gasteiger partial charge on any atom is -0.355 e. The summed E-state index contributed by atoms with van der Waals surface area (Å²) in [5, 5.41) is 7.74. The molecule has 3 rings (SSSR count). The number of alkyl halides is 2. The first kappa shape index (κ1) is 18.5. The monoisotopic (exact) mass is 378 g/mol. The Morgan fingerprint density at radius 3 is 3.04 bits per heavy atom. The van der Waals surface area contributed by atoms with E-state index >= 15 is 0 Å². The molecule has 0 amide bonds. The number of hydrogen-bond donors (Lipinski definition) is 2. The predicted molar refractivity (Wildman–Crippen MR) is 101 cm³/mol. The van der Waals surface area contributed by atoms with E-state index in [-0.39, 0.29) is 0 Å². The van der Waals surface area contributed by atoms with Crippen LogP contribution in [-0.4, -0.2) is 56.7 Å². The Bertz CT molecular complexity index is 791. The third-order valence-corrected chi connectivity index (χ3v) is 5.27. The number of imidazole rings is 1. The number of piperidine rings is 1. The van der Waals surface area contributed by atoms with E-state index in [1.54, 1.807) is 6.20 Å². The third-order valence-electron chi connectivity index (χ3n) is 4.22. The Morgan fingerprint density at radius 2 is 2.27 bits per heavy atom. The lowest BCUT2D eigenvalue weighted by Crippen LogP contribution is -2.37. The van der Waals surface area contributed by atoms with Crippen molar-refractivity contribution in [3.8, 4) is 11.4 Å². The maximum absolute atomic E-state index is 12.3. The van der Waals surface area contributed by atoms with Gasteiger partial charge in [-0.05, 0) is 31.2 Å². The second-order valence-corrected chi connectivity index (χ2v) is 7.12. The van der Waals surface area contributed by atoms with Crippen molar-refractivity contribution in [3.05, 3.63) is 30.5 Å². The van der Waals surface area contributed by atoms with Crippen molar-refractivity contribution in [2.24, 2.45) is 0 Å². The van der Waals surface area contributed by atoms with E-state index in [1.165, 1.54) is 18.8 Å². The van der Waals surface area contributed by atoms with Crippen molar-refractivity contribution < 1.29 is 8.78 Å². The number of allylic oxidation sites excluding steroid dienone is 1. The Labute approximate surface area is 154 Å². The van der Waals surface area contributed by atoms with Crippen molar-refractivity contribution in [2.75, 3.05) is 24.2 Å². The molecule has 1 saturated heterocycles. The highest BCUT2D eigenvalue weighted by Crippen LogP contribution is 2.26. The molecule has 2 aromatic heterocycles. The third kappa shape index (κ3) is 4.46. The van der Waals surface area contributed by atoms with Crippen molar-refractivity contribution >= 4 is 29.4 Å². The van der Waals surface area contributed by atoms with E-state index in [9.17, 15) is 8.78 Å². The van der Waals surface area contributed by atoms with Crippen LogP contribution in [-0.2, 0) is 0 Å². The summed E-state index contributed by atoms with van der Waals surface area (Å²) < 4.78 is 24.7. The van der Waals surface area contributed by atoms with E-state index in [1.807, 2.05) is 17.8 Å².